The molecule has 2 N–H and O–H groups in total. The van der Waals surface area contributed by atoms with E-state index in [-0.39, 0.29) is 0 Å². The maximum absolute atomic E-state index is 4.44. The quantitative estimate of drug-likeness (QED) is 0.189. The molecule has 0 saturated carbocycles. The van der Waals surface area contributed by atoms with Crippen LogP contribution < -0.4 is 15.5 Å². The molecule has 0 aliphatic carbocycles. The van der Waals surface area contributed by atoms with Gasteiger partial charge in [0.15, 0.2) is 22.9 Å². The number of halogens is 2. The van der Waals surface area contributed by atoms with Crippen molar-refractivity contribution in [2.75, 3.05) is 48.8 Å². The fourth-order valence-electron chi connectivity index (χ4n) is 5.33. The summed E-state index contributed by atoms with van der Waals surface area (Å²) in [7, 11) is 2.17. The molecule has 0 radical (unpaired) electrons. The second-order valence-electron chi connectivity index (χ2n) is 11.2. The number of hydrogen-bond acceptors (Lipinski definition) is 10. The highest BCUT2D eigenvalue weighted by Gasteiger charge is 2.14. The maximum atomic E-state index is 4.44. The Labute approximate surface area is 293 Å². The first-order valence-corrected chi connectivity index (χ1v) is 17.1. The molecule has 8 rings (SSSR count). The van der Waals surface area contributed by atoms with Crippen molar-refractivity contribution in [3.63, 3.8) is 0 Å². The zero-order valence-electron chi connectivity index (χ0n) is 26.4. The van der Waals surface area contributed by atoms with Crippen LogP contribution in [0, 0.1) is 0 Å². The summed E-state index contributed by atoms with van der Waals surface area (Å²) in [5, 5.41) is 14.9. The number of nitrogens with zero attached hydrogens (tertiary/aromatic N) is 11. The van der Waals surface area contributed by atoms with Crippen molar-refractivity contribution in [2.24, 2.45) is 0 Å². The molecule has 0 atom stereocenters. The minimum atomic E-state index is 0.699. The van der Waals surface area contributed by atoms with Crippen LogP contribution in [0.4, 0.5) is 28.7 Å². The Hall–Kier alpha value is -4.86. The van der Waals surface area contributed by atoms with Crippen LogP contribution in [0.25, 0.3) is 17.0 Å². The lowest BCUT2D eigenvalue weighted by molar-refractivity contribution is 0.313. The monoisotopic (exact) mass is 769 g/mol. The lowest BCUT2D eigenvalue weighted by Crippen LogP contribution is -2.44. The van der Waals surface area contributed by atoms with Crippen LogP contribution in [0.5, 0.6) is 0 Å². The number of rotatable bonds is 7. The topological polar surface area (TPSA) is 122 Å². The van der Waals surface area contributed by atoms with Gasteiger partial charge in [-0.3, -0.25) is 8.80 Å². The van der Waals surface area contributed by atoms with E-state index in [4.69, 9.17) is 0 Å². The number of aromatic nitrogens is 9. The Morgan fingerprint density at radius 3 is 1.71 bits per heavy atom. The molecule has 0 unspecified atom stereocenters. The summed E-state index contributed by atoms with van der Waals surface area (Å²) in [6, 6.07) is 16.4. The molecular formula is C33H33Br2N13. The highest BCUT2D eigenvalue weighted by molar-refractivity contribution is 9.10. The predicted molar refractivity (Wildman–Crippen MR) is 195 cm³/mol. The first kappa shape index (κ1) is 31.7. The van der Waals surface area contributed by atoms with E-state index < -0.39 is 0 Å². The van der Waals surface area contributed by atoms with E-state index in [1.165, 1.54) is 5.69 Å². The van der Waals surface area contributed by atoms with Gasteiger partial charge in [-0.15, -0.1) is 5.10 Å². The number of hydrogen-bond donors (Lipinski definition) is 2. The molecular weight excluding hydrogens is 738 g/mol. The van der Waals surface area contributed by atoms with Gasteiger partial charge in [-0.1, -0.05) is 12.1 Å². The molecule has 1 saturated heterocycles. The van der Waals surface area contributed by atoms with E-state index in [1.807, 2.05) is 51.7 Å². The third kappa shape index (κ3) is 6.88. The van der Waals surface area contributed by atoms with Gasteiger partial charge in [-0.05, 0) is 93.9 Å². The van der Waals surface area contributed by atoms with Crippen molar-refractivity contribution < 1.29 is 0 Å². The largest absolute Gasteiger partial charge is 0.369 e. The number of imidazole rings is 2. The number of aryl methyl sites for hydroxylation is 1. The molecule has 6 heterocycles. The first-order valence-electron chi connectivity index (χ1n) is 15.5. The molecule has 0 bridgehead atoms. The summed E-state index contributed by atoms with van der Waals surface area (Å²) < 4.78 is 7.38. The van der Waals surface area contributed by atoms with Gasteiger partial charge in [0.25, 0.3) is 0 Å². The average molecular weight is 772 g/mol. The van der Waals surface area contributed by atoms with Crippen LogP contribution >= 0.6 is 31.9 Å². The van der Waals surface area contributed by atoms with E-state index in [2.05, 4.69) is 121 Å². The van der Waals surface area contributed by atoms with Crippen LogP contribution in [-0.4, -0.2) is 81.9 Å². The predicted octanol–water partition coefficient (Wildman–Crippen LogP) is 6.37. The van der Waals surface area contributed by atoms with Crippen LogP contribution in [0.1, 0.15) is 12.6 Å². The number of fused-ring (bicyclic) bond motifs is 2. The van der Waals surface area contributed by atoms with E-state index in [0.29, 0.717) is 5.82 Å². The first-order chi connectivity index (χ1) is 23.4. The number of benzene rings is 2. The van der Waals surface area contributed by atoms with Crippen molar-refractivity contribution >= 4 is 71.9 Å². The maximum Gasteiger partial charge on any atom is 0.181 e. The minimum absolute atomic E-state index is 0.699. The van der Waals surface area contributed by atoms with Crippen molar-refractivity contribution in [2.45, 2.75) is 13.3 Å². The normalized spacial score (nSPS) is 13.5. The molecule has 0 spiro atoms. The number of anilines is 5. The van der Waals surface area contributed by atoms with Crippen LogP contribution in [0.2, 0.25) is 0 Å². The summed E-state index contributed by atoms with van der Waals surface area (Å²) in [4.78, 5) is 22.3. The fraction of sp³-hybridized carbons (Fsp3) is 0.212. The Bertz CT molecular complexity index is 2130. The van der Waals surface area contributed by atoms with Crippen LogP contribution in [-0.2, 0) is 6.42 Å². The standard InChI is InChI=1S/C17H19BrN6.C16H14BrN7/c1-22-8-10-23(11-9-22)14-4-2-13(3-5-14)21-16-17-19-6-7-24(17)15(18)12-20-16;1-2-11-10-24(22-21-11)13-5-3-12(4-6-13)20-15-16-18-7-8-23(16)14(17)9-19-15/h2-7,12H,8-11H2,1H3,(H,20,21);3-10H,2H2,1H3,(H,19,20). The van der Waals surface area contributed by atoms with Crippen LogP contribution in [0.3, 0.4) is 0 Å². The lowest BCUT2D eigenvalue weighted by atomic mass is 10.2. The van der Waals surface area contributed by atoms with Gasteiger partial charge in [0.05, 0.1) is 30.0 Å². The lowest BCUT2D eigenvalue weighted by Gasteiger charge is -2.34. The number of likely N-dealkylation sites (N-methyl/N-ethyl adjacent to an activating group) is 1. The number of piperazine rings is 1. The van der Waals surface area contributed by atoms with Gasteiger partial charge in [0, 0.05) is 68.0 Å². The Balaban J connectivity index is 0.000000152. The molecule has 2 aromatic carbocycles. The smallest absolute Gasteiger partial charge is 0.181 e. The Morgan fingerprint density at radius 2 is 1.21 bits per heavy atom. The summed E-state index contributed by atoms with van der Waals surface area (Å²) in [6.45, 7) is 6.43. The zero-order valence-corrected chi connectivity index (χ0v) is 29.5. The van der Waals surface area contributed by atoms with E-state index in [1.54, 1.807) is 29.5 Å². The highest BCUT2D eigenvalue weighted by atomic mass is 79.9. The third-order valence-electron chi connectivity index (χ3n) is 8.06. The molecule has 0 amide bonds. The van der Waals surface area contributed by atoms with Gasteiger partial charge in [-0.25, -0.2) is 24.6 Å². The molecule has 1 fully saturated rings. The zero-order chi connectivity index (χ0) is 33.0. The number of nitrogens with one attached hydrogen (secondary N) is 2. The molecule has 1 aliphatic rings. The van der Waals surface area contributed by atoms with Crippen molar-refractivity contribution in [1.82, 2.24) is 48.6 Å². The Kier molecular flexibility index (Phi) is 9.31. The molecule has 48 heavy (non-hydrogen) atoms. The van der Waals surface area contributed by atoms with E-state index >= 15 is 0 Å². The van der Waals surface area contributed by atoms with Crippen LogP contribution in [0.15, 0.2) is 101 Å². The molecule has 1 aliphatic heterocycles. The summed E-state index contributed by atoms with van der Waals surface area (Å²) >= 11 is 6.93. The summed E-state index contributed by atoms with van der Waals surface area (Å²) in [6.07, 6.45) is 13.6. The SMILES string of the molecule is CCc1cn(-c2ccc(Nc3ncc(Br)n4ccnc34)cc2)nn1.CN1CCN(c2ccc(Nc3ncc(Br)n4ccnc34)cc2)CC1. The summed E-state index contributed by atoms with van der Waals surface area (Å²) in [5.41, 5.74) is 6.69. The second kappa shape index (κ2) is 14.1. The molecule has 15 heteroatoms. The summed E-state index contributed by atoms with van der Waals surface area (Å²) in [5.74, 6) is 1.44. The minimum Gasteiger partial charge on any atom is -0.369 e. The van der Waals surface area contributed by atoms with Gasteiger partial charge in [0.2, 0.25) is 0 Å². The Morgan fingerprint density at radius 1 is 0.688 bits per heavy atom. The molecule has 7 aromatic rings. The van der Waals surface area contributed by atoms with Crippen molar-refractivity contribution in [3.8, 4) is 5.69 Å². The van der Waals surface area contributed by atoms with Crippen molar-refractivity contribution in [3.05, 3.63) is 107 Å². The van der Waals surface area contributed by atoms with E-state index in [0.717, 1.165) is 81.7 Å². The molecule has 13 nitrogen and oxygen atoms in total. The molecule has 5 aromatic heterocycles. The third-order valence-corrected chi connectivity index (χ3v) is 9.24. The van der Waals surface area contributed by atoms with Crippen molar-refractivity contribution in [1.29, 1.82) is 0 Å². The van der Waals surface area contributed by atoms with Gasteiger partial charge >= 0.3 is 0 Å². The fourth-order valence-corrected chi connectivity index (χ4v) is 6.11. The second-order valence-corrected chi connectivity index (χ2v) is 12.9. The average Bonchev–Trinajstić information content (AvgIpc) is 3.91. The molecule has 244 valence electrons. The van der Waals surface area contributed by atoms with Gasteiger partial charge in [0.1, 0.15) is 9.21 Å². The van der Waals surface area contributed by atoms with Gasteiger partial charge in [-0.2, -0.15) is 0 Å². The van der Waals surface area contributed by atoms with Gasteiger partial charge < -0.3 is 20.4 Å². The highest BCUT2D eigenvalue weighted by Crippen LogP contribution is 2.25. The van der Waals surface area contributed by atoms with E-state index in [9.17, 15) is 0 Å².